The second-order valence-corrected chi connectivity index (χ2v) is 5.24. The van der Waals surface area contributed by atoms with Gasteiger partial charge in [-0.1, -0.05) is 11.6 Å². The number of nitrogens with zero attached hydrogens (tertiary/aromatic N) is 1. The average Bonchev–Trinajstić information content (AvgIpc) is 2.89. The molecule has 0 spiro atoms. The molecule has 2 aromatic carbocycles. The topological polar surface area (TPSA) is 66.0 Å². The summed E-state index contributed by atoms with van der Waals surface area (Å²) < 4.78 is 38.6. The summed E-state index contributed by atoms with van der Waals surface area (Å²) in [6.45, 7) is 0. The van der Waals surface area contributed by atoms with Crippen LogP contribution in [0, 0.1) is 0 Å². The molecule has 3 rings (SSSR count). The number of halogens is 4. The Morgan fingerprint density at radius 2 is 1.91 bits per heavy atom. The maximum absolute atomic E-state index is 12.9. The fourth-order valence-electron chi connectivity index (χ4n) is 2.24. The first-order chi connectivity index (χ1) is 10.8. The molecule has 118 valence electrons. The number of aromatic amines is 1. The van der Waals surface area contributed by atoms with Crippen molar-refractivity contribution in [1.82, 2.24) is 10.2 Å². The van der Waals surface area contributed by atoms with Crippen LogP contribution in [0.15, 0.2) is 36.4 Å². The first-order valence-electron chi connectivity index (χ1n) is 6.36. The van der Waals surface area contributed by atoms with Gasteiger partial charge in [-0.15, -0.1) is 0 Å². The van der Waals surface area contributed by atoms with Gasteiger partial charge in [0.2, 0.25) is 0 Å². The standard InChI is InChI=1S/C15H8ClF3N2O2/c16-11-3-2-8(15(17,18)19)6-9(11)13-10-5-7(14(22)23)1-4-12(10)20-21-13/h1-6H,(H,20,21)(H,22,23). The van der Waals surface area contributed by atoms with Crippen LogP contribution in [0.2, 0.25) is 5.02 Å². The minimum Gasteiger partial charge on any atom is -0.478 e. The SMILES string of the molecule is O=C(O)c1ccc2[nH]nc(-c3cc(C(F)(F)F)ccc3Cl)c2c1. The number of alkyl halides is 3. The molecule has 0 aliphatic heterocycles. The molecule has 23 heavy (non-hydrogen) atoms. The number of carboxylic acids is 1. The average molecular weight is 341 g/mol. The summed E-state index contributed by atoms with van der Waals surface area (Å²) in [5, 5.41) is 16.1. The van der Waals surface area contributed by atoms with E-state index >= 15 is 0 Å². The molecule has 4 nitrogen and oxygen atoms in total. The molecule has 0 bridgehead atoms. The van der Waals surface area contributed by atoms with Gasteiger partial charge in [0, 0.05) is 10.9 Å². The van der Waals surface area contributed by atoms with Gasteiger partial charge in [0.1, 0.15) is 5.69 Å². The molecule has 8 heteroatoms. The van der Waals surface area contributed by atoms with Crippen LogP contribution in [0.3, 0.4) is 0 Å². The Balaban J connectivity index is 2.24. The highest BCUT2D eigenvalue weighted by molar-refractivity contribution is 6.33. The molecule has 0 atom stereocenters. The van der Waals surface area contributed by atoms with E-state index in [1.54, 1.807) is 0 Å². The Morgan fingerprint density at radius 1 is 1.17 bits per heavy atom. The Labute approximate surface area is 132 Å². The van der Waals surface area contributed by atoms with Crippen molar-refractivity contribution in [3.05, 3.63) is 52.5 Å². The van der Waals surface area contributed by atoms with Crippen molar-refractivity contribution in [1.29, 1.82) is 0 Å². The molecule has 0 aliphatic rings. The monoisotopic (exact) mass is 340 g/mol. The lowest BCUT2D eigenvalue weighted by molar-refractivity contribution is -0.137. The maximum atomic E-state index is 12.9. The molecule has 0 saturated carbocycles. The number of H-pyrrole nitrogens is 1. The van der Waals surface area contributed by atoms with Crippen molar-refractivity contribution in [2.24, 2.45) is 0 Å². The maximum Gasteiger partial charge on any atom is 0.416 e. The van der Waals surface area contributed by atoms with Crippen LogP contribution in [0.4, 0.5) is 13.2 Å². The van der Waals surface area contributed by atoms with E-state index in [-0.39, 0.29) is 21.8 Å². The van der Waals surface area contributed by atoms with Crippen molar-refractivity contribution in [3.63, 3.8) is 0 Å². The van der Waals surface area contributed by atoms with Crippen molar-refractivity contribution >= 4 is 28.5 Å². The highest BCUT2D eigenvalue weighted by atomic mass is 35.5. The Morgan fingerprint density at radius 3 is 2.57 bits per heavy atom. The minimum absolute atomic E-state index is 0.00301. The van der Waals surface area contributed by atoms with Crippen LogP contribution in [0.5, 0.6) is 0 Å². The molecule has 0 unspecified atom stereocenters. The van der Waals surface area contributed by atoms with Crippen molar-refractivity contribution in [2.45, 2.75) is 6.18 Å². The second kappa shape index (κ2) is 5.27. The third-order valence-corrected chi connectivity index (χ3v) is 3.69. The van der Waals surface area contributed by atoms with E-state index in [1.165, 1.54) is 18.2 Å². The van der Waals surface area contributed by atoms with E-state index in [1.807, 2.05) is 0 Å². The van der Waals surface area contributed by atoms with Crippen LogP contribution in [-0.4, -0.2) is 21.3 Å². The van der Waals surface area contributed by atoms with Gasteiger partial charge >= 0.3 is 12.1 Å². The number of fused-ring (bicyclic) bond motifs is 1. The van der Waals surface area contributed by atoms with Crippen LogP contribution < -0.4 is 0 Å². The van der Waals surface area contributed by atoms with Gasteiger partial charge in [0.15, 0.2) is 0 Å². The second-order valence-electron chi connectivity index (χ2n) is 4.83. The van der Waals surface area contributed by atoms with Gasteiger partial charge < -0.3 is 5.11 Å². The molecule has 0 radical (unpaired) electrons. The number of hydrogen-bond donors (Lipinski definition) is 2. The van der Waals surface area contributed by atoms with E-state index in [2.05, 4.69) is 10.2 Å². The molecule has 3 aromatic rings. The van der Waals surface area contributed by atoms with Crippen LogP contribution in [0.1, 0.15) is 15.9 Å². The largest absolute Gasteiger partial charge is 0.478 e. The fraction of sp³-hybridized carbons (Fsp3) is 0.0667. The van der Waals surface area contributed by atoms with Crippen LogP contribution >= 0.6 is 11.6 Å². The van der Waals surface area contributed by atoms with E-state index in [0.717, 1.165) is 18.2 Å². The lowest BCUT2D eigenvalue weighted by Gasteiger charge is -2.09. The zero-order chi connectivity index (χ0) is 16.8. The number of benzene rings is 2. The number of aromatic nitrogens is 2. The first kappa shape index (κ1) is 15.4. The van der Waals surface area contributed by atoms with Crippen molar-refractivity contribution in [3.8, 4) is 11.3 Å². The van der Waals surface area contributed by atoms with Gasteiger partial charge in [-0.3, -0.25) is 5.10 Å². The van der Waals surface area contributed by atoms with Crippen LogP contribution in [0.25, 0.3) is 22.2 Å². The fourth-order valence-corrected chi connectivity index (χ4v) is 2.44. The number of carboxylic acid groups (broad SMARTS) is 1. The minimum atomic E-state index is -4.52. The van der Waals surface area contributed by atoms with E-state index < -0.39 is 17.7 Å². The quantitative estimate of drug-likeness (QED) is 0.716. The predicted molar refractivity (Wildman–Crippen MR) is 78.5 cm³/mol. The molecule has 1 aromatic heterocycles. The molecule has 1 heterocycles. The molecule has 0 amide bonds. The zero-order valence-corrected chi connectivity index (χ0v) is 12.0. The molecule has 2 N–H and O–H groups in total. The van der Waals surface area contributed by atoms with Gasteiger partial charge in [0.25, 0.3) is 0 Å². The molecular weight excluding hydrogens is 333 g/mol. The summed E-state index contributed by atoms with van der Waals surface area (Å²) in [5.41, 5.74) is -0.112. The molecule has 0 saturated heterocycles. The number of hydrogen-bond acceptors (Lipinski definition) is 2. The van der Waals surface area contributed by atoms with Crippen LogP contribution in [-0.2, 0) is 6.18 Å². The summed E-state index contributed by atoms with van der Waals surface area (Å²) in [6, 6.07) is 7.13. The Kier molecular flexibility index (Phi) is 3.52. The normalized spacial score (nSPS) is 11.8. The zero-order valence-electron chi connectivity index (χ0n) is 11.3. The van der Waals surface area contributed by atoms with Gasteiger partial charge in [-0.2, -0.15) is 18.3 Å². The summed E-state index contributed by atoms with van der Waals surface area (Å²) >= 11 is 6.00. The highest BCUT2D eigenvalue weighted by Gasteiger charge is 2.31. The lowest BCUT2D eigenvalue weighted by atomic mass is 10.0. The lowest BCUT2D eigenvalue weighted by Crippen LogP contribution is -2.04. The summed E-state index contributed by atoms with van der Waals surface area (Å²) in [6.07, 6.45) is -4.52. The third kappa shape index (κ3) is 2.75. The van der Waals surface area contributed by atoms with E-state index in [4.69, 9.17) is 16.7 Å². The van der Waals surface area contributed by atoms with E-state index in [0.29, 0.717) is 10.9 Å². The van der Waals surface area contributed by atoms with Gasteiger partial charge in [-0.05, 0) is 36.4 Å². The van der Waals surface area contributed by atoms with Crippen molar-refractivity contribution < 1.29 is 23.1 Å². The molecule has 0 aliphatic carbocycles. The number of rotatable bonds is 2. The summed E-state index contributed by atoms with van der Waals surface area (Å²) in [7, 11) is 0. The molecule has 0 fully saturated rings. The Hall–Kier alpha value is -2.54. The highest BCUT2D eigenvalue weighted by Crippen LogP contribution is 2.37. The number of nitrogens with one attached hydrogen (secondary N) is 1. The predicted octanol–water partition coefficient (Wildman–Crippen LogP) is 4.60. The summed E-state index contributed by atoms with van der Waals surface area (Å²) in [5.74, 6) is -1.14. The smallest absolute Gasteiger partial charge is 0.416 e. The third-order valence-electron chi connectivity index (χ3n) is 3.36. The number of aromatic carboxylic acids is 1. The van der Waals surface area contributed by atoms with Crippen molar-refractivity contribution in [2.75, 3.05) is 0 Å². The summed E-state index contributed by atoms with van der Waals surface area (Å²) in [4.78, 5) is 11.1. The molecular formula is C15H8ClF3N2O2. The first-order valence-corrected chi connectivity index (χ1v) is 6.73. The number of carbonyl (C=O) groups is 1. The van der Waals surface area contributed by atoms with E-state index in [9.17, 15) is 18.0 Å². The Bertz CT molecular complexity index is 919. The van der Waals surface area contributed by atoms with Gasteiger partial charge in [0.05, 0.1) is 21.7 Å². The van der Waals surface area contributed by atoms with Gasteiger partial charge in [-0.25, -0.2) is 4.79 Å².